The van der Waals surface area contributed by atoms with Gasteiger partial charge in [-0.3, -0.25) is 19.8 Å². The SMILES string of the molecule is COc1cc2nc(=S)n(CCCC(=O)c3cc4ccccc4[nH]3)c(N)c2cc1OC.COc1cc2nc(SC)n(CCCC(=O)c3cc4ccccc4[nH]3)c(=N)c2cc1OC.O=CO[O-].[H-].[K+].[K+]. The van der Waals surface area contributed by atoms with E-state index in [0.717, 1.165) is 32.3 Å². The molecule has 0 radical (unpaired) electrons. The normalized spacial score (nSPS) is 10.5. The number of nitrogens with one attached hydrogen (secondary N) is 3. The number of aromatic nitrogens is 6. The average molecular weight is 999 g/mol. The number of para-hydroxylation sites is 2. The number of anilines is 1. The van der Waals surface area contributed by atoms with Crippen LogP contribution in [-0.2, 0) is 22.8 Å². The Hall–Kier alpha value is -3.95. The summed E-state index contributed by atoms with van der Waals surface area (Å²) in [6, 6.07) is 26.6. The van der Waals surface area contributed by atoms with E-state index in [2.05, 4.69) is 19.8 Å². The Morgan fingerprint density at radius 3 is 1.63 bits per heavy atom. The molecule has 340 valence electrons. The predicted octanol–water partition coefficient (Wildman–Crippen LogP) is 1.46. The predicted molar refractivity (Wildman–Crippen MR) is 251 cm³/mol. The van der Waals surface area contributed by atoms with Crippen LogP contribution in [0.15, 0.2) is 90.1 Å². The van der Waals surface area contributed by atoms with Gasteiger partial charge in [0.15, 0.2) is 39.7 Å². The number of fused-ring (bicyclic) bond motifs is 4. The standard InChI is InChI=1S/C23H24N4O3S.C22H22N4O3S.CH2O3.2K.H/c1-29-20-12-15-17(13-21(20)30-2)26-23(31-3)27(22(15)24)10-6-9-19(28)18-11-14-7-4-5-8-16(14)25-18;1-28-19-11-14-16(12-20(19)29-2)25-22(30)26(21(14)23)9-5-8-18(27)17-10-13-6-3-4-7-15(13)24-17;2-1-4-3;;;/h4-5,7-8,11-13,24-25H,6,9-10H2,1-3H3;3-4,6-7,10-12,24H,5,8-9,23H2,1-2H3;1,3H;;;/q;;;2*+1;-1/p-1. The third-order valence-electron chi connectivity index (χ3n) is 10.4. The van der Waals surface area contributed by atoms with E-state index in [1.54, 1.807) is 57.3 Å². The second kappa shape index (κ2) is 26.7. The number of thioether (sulfide) groups is 1. The van der Waals surface area contributed by atoms with Crippen molar-refractivity contribution in [3.05, 3.63) is 107 Å². The third kappa shape index (κ3) is 13.4. The molecule has 5 N–H and O–H groups in total. The zero-order valence-corrected chi connectivity index (χ0v) is 46.1. The van der Waals surface area contributed by atoms with Crippen LogP contribution in [0, 0.1) is 10.2 Å². The molecule has 0 spiro atoms. The molecule has 0 aliphatic carbocycles. The van der Waals surface area contributed by atoms with Crippen LogP contribution in [0.5, 0.6) is 23.0 Å². The molecule has 4 heterocycles. The molecule has 4 aromatic heterocycles. The maximum atomic E-state index is 12.7. The van der Waals surface area contributed by atoms with Gasteiger partial charge in [0.1, 0.15) is 11.3 Å². The number of methoxy groups -OCH3 is 4. The number of nitrogen functional groups attached to an aromatic ring is 1. The molecule has 0 saturated carbocycles. The molecule has 0 aliphatic heterocycles. The fourth-order valence-corrected chi connectivity index (χ4v) is 8.10. The Morgan fingerprint density at radius 1 is 0.746 bits per heavy atom. The first-order valence-corrected chi connectivity index (χ1v) is 21.7. The third-order valence-corrected chi connectivity index (χ3v) is 11.4. The van der Waals surface area contributed by atoms with Crippen LogP contribution >= 0.6 is 24.0 Å². The van der Waals surface area contributed by atoms with Crippen LogP contribution in [0.25, 0.3) is 43.6 Å². The van der Waals surface area contributed by atoms with E-state index >= 15 is 0 Å². The molecule has 0 atom stereocenters. The largest absolute Gasteiger partial charge is 1.00 e. The number of carbonyl (C=O) groups excluding carboxylic acids is 3. The van der Waals surface area contributed by atoms with E-state index in [0.29, 0.717) is 106 Å². The van der Waals surface area contributed by atoms with E-state index in [1.165, 1.54) is 11.8 Å². The summed E-state index contributed by atoms with van der Waals surface area (Å²) in [6.45, 7) is 0.839. The first-order valence-electron chi connectivity index (χ1n) is 20.1. The molecule has 0 amide bonds. The first-order chi connectivity index (χ1) is 31.5. The van der Waals surface area contributed by atoms with Gasteiger partial charge in [0.05, 0.1) is 50.9 Å². The second-order valence-electron chi connectivity index (χ2n) is 14.3. The van der Waals surface area contributed by atoms with Crippen molar-refractivity contribution in [2.45, 2.75) is 43.9 Å². The first kappa shape index (κ1) is 55.6. The number of aromatic amines is 2. The summed E-state index contributed by atoms with van der Waals surface area (Å²) in [5, 5.41) is 21.3. The van der Waals surface area contributed by atoms with Crippen LogP contribution in [0.3, 0.4) is 0 Å². The summed E-state index contributed by atoms with van der Waals surface area (Å²) in [5.41, 5.74) is 11.2. The number of H-pyrrole nitrogens is 2. The van der Waals surface area contributed by atoms with Gasteiger partial charge in [-0.1, -0.05) is 48.2 Å². The van der Waals surface area contributed by atoms with E-state index in [4.69, 9.17) is 57.3 Å². The summed E-state index contributed by atoms with van der Waals surface area (Å²) in [7, 11) is 6.28. The number of hydrogen-bond donors (Lipinski definition) is 4. The molecule has 8 rings (SSSR count). The molecule has 8 aromatic rings. The molecular formula is C46H48K2N8O9S2. The Balaban J connectivity index is 0.000000321. The van der Waals surface area contributed by atoms with Crippen molar-refractivity contribution in [1.29, 1.82) is 5.41 Å². The van der Waals surface area contributed by atoms with E-state index < -0.39 is 0 Å². The van der Waals surface area contributed by atoms with Crippen LogP contribution in [0.2, 0.25) is 0 Å². The number of nitrogens with zero attached hydrogens (tertiary/aromatic N) is 4. The number of rotatable bonds is 16. The molecule has 0 aliphatic rings. The van der Waals surface area contributed by atoms with Crippen LogP contribution < -0.4 is 138 Å². The maximum absolute atomic E-state index is 12.7. The summed E-state index contributed by atoms with van der Waals surface area (Å²) in [5.74, 6) is 2.87. The molecule has 21 heteroatoms. The number of benzene rings is 4. The average Bonchev–Trinajstić information content (AvgIpc) is 3.98. The Morgan fingerprint density at radius 2 is 1.18 bits per heavy atom. The van der Waals surface area contributed by atoms with Gasteiger partial charge in [0.2, 0.25) is 4.77 Å². The number of hydrogen-bond acceptors (Lipinski definition) is 15. The molecule has 0 bridgehead atoms. The zero-order chi connectivity index (χ0) is 46.6. The zero-order valence-electron chi connectivity index (χ0n) is 39.3. The van der Waals surface area contributed by atoms with Crippen molar-refractivity contribution in [2.75, 3.05) is 40.4 Å². The van der Waals surface area contributed by atoms with E-state index in [1.807, 2.05) is 71.5 Å². The van der Waals surface area contributed by atoms with Crippen molar-refractivity contribution in [3.63, 3.8) is 0 Å². The molecular weight excluding hydrogens is 951 g/mol. The van der Waals surface area contributed by atoms with Gasteiger partial charge >= 0.3 is 103 Å². The van der Waals surface area contributed by atoms with Gasteiger partial charge in [-0.2, -0.15) is 0 Å². The van der Waals surface area contributed by atoms with Gasteiger partial charge in [0, 0.05) is 70.6 Å². The monoisotopic (exact) mass is 998 g/mol. The summed E-state index contributed by atoms with van der Waals surface area (Å²) < 4.78 is 25.4. The molecule has 0 unspecified atom stereocenters. The van der Waals surface area contributed by atoms with Crippen molar-refractivity contribution in [1.82, 2.24) is 29.1 Å². The van der Waals surface area contributed by atoms with Crippen molar-refractivity contribution in [3.8, 4) is 23.0 Å². The summed E-state index contributed by atoms with van der Waals surface area (Å²) in [6.07, 6.45) is 3.89. The molecule has 0 saturated heterocycles. The Kier molecular flexibility index (Phi) is 22.2. The number of ether oxygens (including phenoxy) is 4. The summed E-state index contributed by atoms with van der Waals surface area (Å²) >= 11 is 6.91. The topological polar surface area (TPSA) is 238 Å². The maximum Gasteiger partial charge on any atom is 1.00 e. The number of carbonyl (C=O) groups is 3. The van der Waals surface area contributed by atoms with Gasteiger partial charge < -0.3 is 55.4 Å². The molecule has 67 heavy (non-hydrogen) atoms. The van der Waals surface area contributed by atoms with Crippen LogP contribution in [0.4, 0.5) is 5.82 Å². The van der Waals surface area contributed by atoms with Gasteiger partial charge in [-0.15, -0.1) is 0 Å². The minimum atomic E-state index is -0.181. The fourth-order valence-electron chi connectivity index (χ4n) is 7.22. The number of Topliss-reactive ketones (excluding diaryl/α,β-unsaturated/α-hetero) is 2. The number of ketones is 2. The minimum Gasteiger partial charge on any atom is -1.00 e. The number of nitrogens with two attached hydrogens (primary N) is 1. The van der Waals surface area contributed by atoms with Crippen LogP contribution in [0.1, 0.15) is 48.1 Å². The molecule has 4 aromatic carbocycles. The fraction of sp³-hybridized carbons (Fsp3) is 0.239. The minimum absolute atomic E-state index is 0. The van der Waals surface area contributed by atoms with Crippen molar-refractivity contribution >= 4 is 91.4 Å². The Bertz CT molecular complexity index is 3080. The van der Waals surface area contributed by atoms with Gasteiger partial charge in [-0.05, 0) is 67.7 Å². The van der Waals surface area contributed by atoms with Gasteiger partial charge in [-0.25, -0.2) is 9.97 Å². The Labute approximate surface area is 481 Å². The van der Waals surface area contributed by atoms with E-state index in [9.17, 15) is 9.59 Å². The van der Waals surface area contributed by atoms with Crippen molar-refractivity contribution in [2.24, 2.45) is 0 Å². The molecule has 0 fully saturated rings. The van der Waals surface area contributed by atoms with E-state index in [-0.39, 0.29) is 122 Å². The van der Waals surface area contributed by atoms with Crippen molar-refractivity contribution < 1.29 is 148 Å². The summed E-state index contributed by atoms with van der Waals surface area (Å²) in [4.78, 5) is 52.1. The molecule has 17 nitrogen and oxygen atoms in total. The van der Waals surface area contributed by atoms with Gasteiger partial charge in [0.25, 0.3) is 6.47 Å². The smallest absolute Gasteiger partial charge is 1.00 e. The second-order valence-corrected chi connectivity index (χ2v) is 15.4. The quantitative estimate of drug-likeness (QED) is 0.0157. The van der Waals surface area contributed by atoms with Crippen LogP contribution in [-0.4, -0.2) is 81.8 Å².